The van der Waals surface area contributed by atoms with E-state index in [2.05, 4.69) is 143 Å². The van der Waals surface area contributed by atoms with Crippen molar-refractivity contribution in [3.05, 3.63) is 133 Å². The summed E-state index contributed by atoms with van der Waals surface area (Å²) in [4.78, 5) is 0. The van der Waals surface area contributed by atoms with Crippen molar-refractivity contribution in [2.24, 2.45) is 0 Å². The predicted molar refractivity (Wildman–Crippen MR) is 170 cm³/mol. The van der Waals surface area contributed by atoms with Crippen molar-refractivity contribution in [2.75, 3.05) is 0 Å². The van der Waals surface area contributed by atoms with Gasteiger partial charge in [0.1, 0.15) is 6.73 Å². The molecule has 0 aliphatic rings. The first kappa shape index (κ1) is 22.5. The van der Waals surface area contributed by atoms with E-state index in [0.717, 1.165) is 33.2 Å². The molecule has 0 aliphatic heterocycles. The van der Waals surface area contributed by atoms with Crippen molar-refractivity contribution in [2.45, 2.75) is 6.73 Å². The molecule has 0 aliphatic carbocycles. The zero-order valence-electron chi connectivity index (χ0n) is 22.2. The fourth-order valence-corrected chi connectivity index (χ4v) is 6.91. The minimum Gasteiger partial charge on any atom is -0.376 e. The Kier molecular flexibility index (Phi) is 4.58. The second-order valence-electron chi connectivity index (χ2n) is 10.7. The van der Waals surface area contributed by atoms with Crippen molar-refractivity contribution in [1.82, 2.24) is 13.7 Å². The van der Waals surface area contributed by atoms with Crippen molar-refractivity contribution >= 4 is 65.4 Å². The molecule has 4 heteroatoms. The van der Waals surface area contributed by atoms with Crippen molar-refractivity contribution in [3.8, 4) is 11.4 Å². The average molecular weight is 528 g/mol. The molecular weight excluding hydrogens is 502 g/mol. The highest BCUT2D eigenvalue weighted by Gasteiger charge is 2.17. The highest BCUT2D eigenvalue weighted by molar-refractivity contribution is 6.13. The highest BCUT2D eigenvalue weighted by Crippen LogP contribution is 2.38. The number of aliphatic hydroxyl groups excluding tert-OH is 1. The molecule has 9 rings (SSSR count). The van der Waals surface area contributed by atoms with Gasteiger partial charge in [-0.25, -0.2) is 0 Å². The number of benzene rings is 6. The van der Waals surface area contributed by atoms with Gasteiger partial charge in [-0.15, -0.1) is 0 Å². The third-order valence-corrected chi connectivity index (χ3v) is 8.65. The fourth-order valence-electron chi connectivity index (χ4n) is 6.91. The SMILES string of the molecule is OCn1c2ccc(-n3c4ccccc4c4ccccc43)cc2c2cc(-n3c4ccccc4c4ccccc43)ccc21. The summed E-state index contributed by atoms with van der Waals surface area (Å²) in [5.41, 5.74) is 8.99. The molecule has 3 aromatic heterocycles. The third kappa shape index (κ3) is 3.02. The molecule has 0 unspecified atom stereocenters. The number of rotatable bonds is 3. The summed E-state index contributed by atoms with van der Waals surface area (Å²) in [6.07, 6.45) is 0. The molecule has 0 radical (unpaired) electrons. The molecule has 0 spiro atoms. The van der Waals surface area contributed by atoms with Crippen LogP contribution in [0, 0.1) is 0 Å². The lowest BCUT2D eigenvalue weighted by atomic mass is 10.1. The maximum atomic E-state index is 10.4. The quantitative estimate of drug-likeness (QED) is 0.245. The Morgan fingerprint density at radius 2 is 0.707 bits per heavy atom. The number of hydrogen-bond acceptors (Lipinski definition) is 1. The molecule has 9 aromatic rings. The zero-order valence-corrected chi connectivity index (χ0v) is 22.2. The van der Waals surface area contributed by atoms with Gasteiger partial charge >= 0.3 is 0 Å². The lowest BCUT2D eigenvalue weighted by Gasteiger charge is -2.09. The van der Waals surface area contributed by atoms with E-state index in [4.69, 9.17) is 0 Å². The van der Waals surface area contributed by atoms with Crippen LogP contribution in [0.15, 0.2) is 133 Å². The maximum Gasteiger partial charge on any atom is 0.120 e. The Morgan fingerprint density at radius 3 is 1.05 bits per heavy atom. The average Bonchev–Trinajstić information content (AvgIpc) is 3.66. The van der Waals surface area contributed by atoms with Crippen LogP contribution >= 0.6 is 0 Å². The second kappa shape index (κ2) is 8.34. The highest BCUT2D eigenvalue weighted by atomic mass is 16.3. The molecule has 6 aromatic carbocycles. The number of hydrogen-bond donors (Lipinski definition) is 1. The fraction of sp³-hybridized carbons (Fsp3) is 0.0270. The molecular formula is C37H25N3O. The van der Waals surface area contributed by atoms with Crippen LogP contribution in [-0.2, 0) is 6.73 Å². The van der Waals surface area contributed by atoms with Gasteiger partial charge in [0.15, 0.2) is 0 Å². The van der Waals surface area contributed by atoms with E-state index in [1.807, 2.05) is 4.57 Å². The Labute approximate surface area is 235 Å². The number of nitrogens with zero attached hydrogens (tertiary/aromatic N) is 3. The predicted octanol–water partition coefficient (Wildman–Crippen LogP) is 8.94. The maximum absolute atomic E-state index is 10.4. The van der Waals surface area contributed by atoms with Gasteiger partial charge in [0.2, 0.25) is 0 Å². The number of aliphatic hydroxyl groups is 1. The number of fused-ring (bicyclic) bond motifs is 9. The molecule has 0 atom stereocenters. The summed E-state index contributed by atoms with van der Waals surface area (Å²) in [5, 5.41) is 17.7. The molecule has 3 heterocycles. The minimum atomic E-state index is -0.0799. The molecule has 0 saturated heterocycles. The van der Waals surface area contributed by atoms with E-state index in [9.17, 15) is 5.11 Å². The topological polar surface area (TPSA) is 35.0 Å². The van der Waals surface area contributed by atoms with E-state index < -0.39 is 0 Å². The minimum absolute atomic E-state index is 0.0799. The van der Waals surface area contributed by atoms with Crippen LogP contribution in [-0.4, -0.2) is 18.8 Å². The van der Waals surface area contributed by atoms with E-state index in [0.29, 0.717) is 0 Å². The van der Waals surface area contributed by atoms with Crippen LogP contribution in [0.4, 0.5) is 0 Å². The van der Waals surface area contributed by atoms with Crippen molar-refractivity contribution in [1.29, 1.82) is 0 Å². The molecule has 0 fully saturated rings. The van der Waals surface area contributed by atoms with Gasteiger partial charge in [-0.1, -0.05) is 72.8 Å². The van der Waals surface area contributed by atoms with E-state index in [1.54, 1.807) is 0 Å². The Balaban J connectivity index is 1.35. The monoisotopic (exact) mass is 527 g/mol. The molecule has 0 amide bonds. The first-order chi connectivity index (χ1) is 20.3. The van der Waals surface area contributed by atoms with Gasteiger partial charge < -0.3 is 18.8 Å². The normalized spacial score (nSPS) is 12.1. The van der Waals surface area contributed by atoms with Crippen molar-refractivity contribution < 1.29 is 5.11 Å². The molecule has 0 bridgehead atoms. The van der Waals surface area contributed by atoms with Crippen molar-refractivity contribution in [3.63, 3.8) is 0 Å². The summed E-state index contributed by atoms with van der Waals surface area (Å²) >= 11 is 0. The first-order valence-corrected chi connectivity index (χ1v) is 14.0. The van der Waals surface area contributed by atoms with Crippen LogP contribution < -0.4 is 0 Å². The summed E-state index contributed by atoms with van der Waals surface area (Å²) < 4.78 is 6.70. The van der Waals surface area contributed by atoms with Gasteiger partial charge in [-0.05, 0) is 60.7 Å². The summed E-state index contributed by atoms with van der Waals surface area (Å²) in [6, 6.07) is 47.6. The standard InChI is InChI=1S/C37H25N3O/c41-23-38-32-19-17-24(39-34-13-5-1-9-26(34)27-10-2-6-14-35(27)39)21-30(32)31-22-25(18-20-33(31)38)40-36-15-7-3-11-28(36)29-12-4-8-16-37(29)40/h1-22,41H,23H2. The van der Waals surface area contributed by atoms with Gasteiger partial charge in [-0.2, -0.15) is 0 Å². The van der Waals surface area contributed by atoms with E-state index in [-0.39, 0.29) is 6.73 Å². The summed E-state index contributed by atoms with van der Waals surface area (Å²) in [7, 11) is 0. The molecule has 41 heavy (non-hydrogen) atoms. The molecule has 4 nitrogen and oxygen atoms in total. The summed E-state index contributed by atoms with van der Waals surface area (Å²) in [6.45, 7) is -0.0799. The second-order valence-corrected chi connectivity index (χ2v) is 10.7. The largest absolute Gasteiger partial charge is 0.376 e. The number of aromatic nitrogens is 3. The Hall–Kier alpha value is -5.32. The van der Waals surface area contributed by atoms with Crippen LogP contribution in [0.1, 0.15) is 0 Å². The molecule has 1 N–H and O–H groups in total. The lowest BCUT2D eigenvalue weighted by Crippen LogP contribution is -1.97. The first-order valence-electron chi connectivity index (χ1n) is 14.0. The van der Waals surface area contributed by atoms with E-state index >= 15 is 0 Å². The summed E-state index contributed by atoms with van der Waals surface area (Å²) in [5.74, 6) is 0. The van der Waals surface area contributed by atoms with Gasteiger partial charge in [-0.3, -0.25) is 0 Å². The smallest absolute Gasteiger partial charge is 0.120 e. The lowest BCUT2D eigenvalue weighted by molar-refractivity contribution is 0.220. The van der Waals surface area contributed by atoms with Crippen LogP contribution in [0.2, 0.25) is 0 Å². The van der Waals surface area contributed by atoms with Gasteiger partial charge in [0.05, 0.1) is 33.1 Å². The van der Waals surface area contributed by atoms with E-state index in [1.165, 1.54) is 43.6 Å². The zero-order chi connectivity index (χ0) is 27.1. The van der Waals surface area contributed by atoms with Crippen LogP contribution in [0.25, 0.3) is 76.8 Å². The Morgan fingerprint density at radius 1 is 0.366 bits per heavy atom. The van der Waals surface area contributed by atoms with Gasteiger partial charge in [0.25, 0.3) is 0 Å². The van der Waals surface area contributed by atoms with Gasteiger partial charge in [0, 0.05) is 43.7 Å². The van der Waals surface area contributed by atoms with Crippen LogP contribution in [0.3, 0.4) is 0 Å². The van der Waals surface area contributed by atoms with Crippen LogP contribution in [0.5, 0.6) is 0 Å². The Bertz CT molecular complexity index is 2200. The molecule has 194 valence electrons. The number of para-hydroxylation sites is 4. The molecule has 0 saturated carbocycles. The third-order valence-electron chi connectivity index (χ3n) is 8.65.